The summed E-state index contributed by atoms with van der Waals surface area (Å²) in [4.78, 5) is 119. The average Bonchev–Trinajstić information content (AvgIpc) is 0.781. The van der Waals surface area contributed by atoms with Gasteiger partial charge in [0.05, 0.1) is 32.5 Å². The zero-order valence-electron chi connectivity index (χ0n) is 63.0. The van der Waals surface area contributed by atoms with E-state index in [9.17, 15) is 53.0 Å². The fraction of sp³-hybridized carbons (Fsp3) is 0.907. The number of carbonyl (C=O) groups is 7. The molecule has 1 heterocycles. The minimum atomic E-state index is -5.51. The molecule has 0 aromatic heterocycles. The number of imide groups is 1. The number of hydrogen-bond acceptors (Lipinski definition) is 18. The predicted octanol–water partition coefficient (Wildman–Crippen LogP) is 15.3. The maximum Gasteiger partial charge on any atom is 0.470 e. The van der Waals surface area contributed by atoms with Gasteiger partial charge in [0.2, 0.25) is 17.7 Å². The van der Waals surface area contributed by atoms with Crippen LogP contribution in [-0.4, -0.2) is 149 Å². The standard InChI is InChI=1S/C69H128N3O18P.C6H15N/c1-7-13-19-22-25-28-31-34-40-43-54(85-61(76)46-37-16-10-4)49-59(74)71-65-67(89-64(79)51-56(87-63(78)48-39-18-12-6)45-42-36-33-30-27-24-21-15-9-3)66(90-91(81,82)83)58(52-73)88-69(65)84-53-57(70)68(80)72-60(75)50-55(86-62(77)47-38-17-11-5)44-41-35-32-29-26-23-20-14-8-2;1-4-7(5-2)6-3/h54-58,65-67,69,73H,7-53,70H2,1-6H3,(H,71,74)(H,72,75,80)(H2,81,82,83);4-6H2,1-3H3/t54-,55-,56-,57+,58-,65-,66-,67-,69-;/m1./s1. The smallest absolute Gasteiger partial charge is 0.462 e. The molecule has 7 N–H and O–H groups in total. The number of rotatable bonds is 63. The summed E-state index contributed by atoms with van der Waals surface area (Å²) < 4.78 is 53.9. The second-order valence-electron chi connectivity index (χ2n) is 27.0. The van der Waals surface area contributed by atoms with Gasteiger partial charge in [0.15, 0.2) is 12.4 Å². The quantitative estimate of drug-likeness (QED) is 0.0143. The molecule has 0 aliphatic carbocycles. The van der Waals surface area contributed by atoms with Gasteiger partial charge in [-0.1, -0.05) is 255 Å². The Morgan fingerprint density at radius 3 is 1.13 bits per heavy atom. The Labute approximate surface area is 593 Å². The van der Waals surface area contributed by atoms with E-state index in [-0.39, 0.29) is 25.7 Å². The van der Waals surface area contributed by atoms with Crippen molar-refractivity contribution < 1.29 is 86.0 Å². The molecule has 0 saturated carbocycles. The van der Waals surface area contributed by atoms with Gasteiger partial charge in [-0.05, 0) is 77.4 Å². The van der Waals surface area contributed by atoms with Crippen LogP contribution in [0.2, 0.25) is 0 Å². The number of nitrogens with zero attached hydrogens (tertiary/aromatic N) is 1. The van der Waals surface area contributed by atoms with E-state index in [4.69, 9.17) is 38.7 Å². The largest absolute Gasteiger partial charge is 0.470 e. The molecule has 22 nitrogen and oxygen atoms in total. The van der Waals surface area contributed by atoms with Crippen molar-refractivity contribution >= 4 is 49.4 Å². The molecule has 0 spiro atoms. The van der Waals surface area contributed by atoms with Gasteiger partial charge in [0.25, 0.3) is 0 Å². The van der Waals surface area contributed by atoms with Crippen LogP contribution in [0.1, 0.15) is 351 Å². The van der Waals surface area contributed by atoms with E-state index >= 15 is 0 Å². The van der Waals surface area contributed by atoms with Crippen LogP contribution in [0, 0.1) is 0 Å². The third-order valence-corrected chi connectivity index (χ3v) is 18.5. The number of nitrogens with one attached hydrogen (secondary N) is 2. The maximum atomic E-state index is 14.5. The number of esters is 4. The molecular formula is C75H143N4O18P. The highest BCUT2D eigenvalue weighted by atomic mass is 31.2. The summed E-state index contributed by atoms with van der Waals surface area (Å²) >= 11 is 0. The van der Waals surface area contributed by atoms with Gasteiger partial charge in [-0.2, -0.15) is 0 Å². The summed E-state index contributed by atoms with van der Waals surface area (Å²) in [5.74, 6) is -4.94. The van der Waals surface area contributed by atoms with Crippen LogP contribution in [0.3, 0.4) is 0 Å². The van der Waals surface area contributed by atoms with E-state index < -0.39 is 130 Å². The molecule has 576 valence electrons. The average molecular weight is 1420 g/mol. The number of aliphatic hydroxyl groups is 1. The summed E-state index contributed by atoms with van der Waals surface area (Å²) in [6.45, 7) is 21.0. The van der Waals surface area contributed by atoms with Crippen LogP contribution in [0.5, 0.6) is 0 Å². The molecule has 1 fully saturated rings. The van der Waals surface area contributed by atoms with Crippen LogP contribution in [0.15, 0.2) is 0 Å². The second kappa shape index (κ2) is 63.1. The first-order chi connectivity index (χ1) is 47.2. The first kappa shape index (κ1) is 94.4. The van der Waals surface area contributed by atoms with Crippen LogP contribution in [0.4, 0.5) is 0 Å². The second-order valence-corrected chi connectivity index (χ2v) is 28.2. The van der Waals surface area contributed by atoms with E-state index in [1.165, 1.54) is 71.0 Å². The summed E-state index contributed by atoms with van der Waals surface area (Å²) in [7, 11) is -5.51. The van der Waals surface area contributed by atoms with E-state index in [2.05, 4.69) is 57.1 Å². The summed E-state index contributed by atoms with van der Waals surface area (Å²) in [5.41, 5.74) is 6.38. The van der Waals surface area contributed by atoms with Crippen molar-refractivity contribution in [2.24, 2.45) is 5.73 Å². The maximum absolute atomic E-state index is 14.5. The van der Waals surface area contributed by atoms with E-state index in [0.717, 1.165) is 141 Å². The van der Waals surface area contributed by atoms with Gasteiger partial charge in [0.1, 0.15) is 42.6 Å². The number of phosphoric ester groups is 1. The lowest BCUT2D eigenvalue weighted by Crippen LogP contribution is -2.66. The number of unbranched alkanes of at least 4 members (excludes halogenated alkanes) is 30. The molecular weight excluding hydrogens is 1280 g/mol. The molecule has 0 aromatic rings. The molecule has 1 aliphatic heterocycles. The number of phosphoric acid groups is 1. The monoisotopic (exact) mass is 1420 g/mol. The van der Waals surface area contributed by atoms with E-state index in [1.807, 2.05) is 20.8 Å². The van der Waals surface area contributed by atoms with E-state index in [1.54, 1.807) is 0 Å². The summed E-state index contributed by atoms with van der Waals surface area (Å²) in [6.07, 6.45) is 25.2. The minimum Gasteiger partial charge on any atom is -0.462 e. The fourth-order valence-corrected chi connectivity index (χ4v) is 12.6. The van der Waals surface area contributed by atoms with Gasteiger partial charge in [-0.25, -0.2) is 4.57 Å². The number of carbonyl (C=O) groups excluding carboxylic acids is 7. The van der Waals surface area contributed by atoms with Crippen molar-refractivity contribution in [3.8, 4) is 0 Å². The highest BCUT2D eigenvalue weighted by Gasteiger charge is 2.52. The molecule has 0 unspecified atom stereocenters. The number of nitrogens with two attached hydrogens (primary N) is 1. The molecule has 1 saturated heterocycles. The normalized spacial score (nSPS) is 17.4. The topological polar surface area (TPSA) is 315 Å². The Morgan fingerprint density at radius 1 is 0.459 bits per heavy atom. The third-order valence-electron chi connectivity index (χ3n) is 18.0. The summed E-state index contributed by atoms with van der Waals surface area (Å²) in [5, 5.41) is 15.8. The van der Waals surface area contributed by atoms with Gasteiger partial charge >= 0.3 is 31.7 Å². The van der Waals surface area contributed by atoms with Crippen molar-refractivity contribution in [3.63, 3.8) is 0 Å². The fourth-order valence-electron chi connectivity index (χ4n) is 12.0. The zero-order valence-corrected chi connectivity index (χ0v) is 63.9. The lowest BCUT2D eigenvalue weighted by atomic mass is 9.95. The Bertz CT molecular complexity index is 2060. The highest BCUT2D eigenvalue weighted by Crippen LogP contribution is 2.42. The Kier molecular flexibility index (Phi) is 60.8. The number of aliphatic hydroxyl groups excluding tert-OH is 1. The Hall–Kier alpha value is -3.60. The molecule has 0 aromatic carbocycles. The Morgan fingerprint density at radius 2 is 0.796 bits per heavy atom. The van der Waals surface area contributed by atoms with Crippen molar-refractivity contribution in [2.75, 3.05) is 32.8 Å². The number of hydrogen-bond donors (Lipinski definition) is 6. The molecule has 3 amide bonds. The number of amides is 3. The number of ether oxygens (including phenoxy) is 6. The van der Waals surface area contributed by atoms with E-state index in [0.29, 0.717) is 57.8 Å². The molecule has 0 bridgehead atoms. The Balaban J connectivity index is 0.0000127. The zero-order chi connectivity index (χ0) is 73.0. The molecule has 98 heavy (non-hydrogen) atoms. The van der Waals surface area contributed by atoms with Crippen molar-refractivity contribution in [1.82, 2.24) is 15.5 Å². The predicted molar refractivity (Wildman–Crippen MR) is 386 cm³/mol. The first-order valence-electron chi connectivity index (χ1n) is 39.2. The lowest BCUT2D eigenvalue weighted by molar-refractivity contribution is -0.271. The summed E-state index contributed by atoms with van der Waals surface area (Å²) in [6, 6.07) is -3.32. The van der Waals surface area contributed by atoms with Crippen molar-refractivity contribution in [1.29, 1.82) is 0 Å². The van der Waals surface area contributed by atoms with Crippen molar-refractivity contribution in [2.45, 2.75) is 406 Å². The lowest BCUT2D eigenvalue weighted by Gasteiger charge is -2.45. The van der Waals surface area contributed by atoms with Gasteiger partial charge in [-0.15, -0.1) is 0 Å². The SMILES string of the molecule is CCCCCCCCCCC[C@H](CC(=O)NC(=O)[C@@H](N)CO[C@@H]1O[C@H](CO)[C@@H](OP(=O)(O)O)[C@H](OC(=O)C[C@@H](CCCCCCCCCCC)OC(=O)CCCCC)[C@H]1NC(=O)C[C@@H](CCCCCCCCCCC)OC(=O)CCCCC)OC(=O)CCCCC.CCN(CC)CC. The van der Waals surface area contributed by atoms with Gasteiger partial charge in [0, 0.05) is 19.3 Å². The molecule has 1 rings (SSSR count). The molecule has 23 heteroatoms. The third kappa shape index (κ3) is 51.5. The van der Waals surface area contributed by atoms with Gasteiger partial charge < -0.3 is 59.3 Å². The van der Waals surface area contributed by atoms with Crippen LogP contribution in [-0.2, 0) is 71.1 Å². The highest BCUT2D eigenvalue weighted by molar-refractivity contribution is 7.46. The van der Waals surface area contributed by atoms with Crippen molar-refractivity contribution in [3.05, 3.63) is 0 Å². The minimum absolute atomic E-state index is 0.123. The molecule has 1 aliphatic rings. The molecule has 0 radical (unpaired) electrons. The van der Waals surface area contributed by atoms with Gasteiger partial charge in [-0.3, -0.25) is 43.4 Å². The van der Waals surface area contributed by atoms with Crippen LogP contribution in [0.25, 0.3) is 0 Å². The molecule has 9 atom stereocenters. The first-order valence-corrected chi connectivity index (χ1v) is 40.7. The van der Waals surface area contributed by atoms with Crippen LogP contribution < -0.4 is 16.4 Å². The van der Waals surface area contributed by atoms with Crippen LogP contribution >= 0.6 is 7.82 Å².